The summed E-state index contributed by atoms with van der Waals surface area (Å²) in [6, 6.07) is 15.7. The second kappa shape index (κ2) is 9.47. The van der Waals surface area contributed by atoms with Crippen molar-refractivity contribution in [3.8, 4) is 5.75 Å². The lowest BCUT2D eigenvalue weighted by Gasteiger charge is -2.36. The van der Waals surface area contributed by atoms with Crippen molar-refractivity contribution < 1.29 is 14.3 Å². The van der Waals surface area contributed by atoms with Crippen molar-refractivity contribution in [2.75, 3.05) is 33.3 Å². The highest BCUT2D eigenvalue weighted by molar-refractivity contribution is 8.00. The third-order valence-electron chi connectivity index (χ3n) is 5.68. The number of hydrogen-bond donors (Lipinski definition) is 1. The van der Waals surface area contributed by atoms with Crippen molar-refractivity contribution in [2.24, 2.45) is 0 Å². The van der Waals surface area contributed by atoms with Gasteiger partial charge in [-0.05, 0) is 42.8 Å². The molecule has 1 fully saturated rings. The Balaban J connectivity index is 1.29. The fourth-order valence-corrected chi connectivity index (χ4v) is 4.85. The fourth-order valence-electron chi connectivity index (χ4n) is 3.89. The summed E-state index contributed by atoms with van der Waals surface area (Å²) in [5.74, 6) is 1.03. The van der Waals surface area contributed by atoms with E-state index >= 15 is 0 Å². The maximum atomic E-state index is 12.9. The summed E-state index contributed by atoms with van der Waals surface area (Å²) in [5, 5.41) is 0.913. The molecular formula is C24H27N3O3S. The average Bonchev–Trinajstić information content (AvgIpc) is 3.22. The van der Waals surface area contributed by atoms with Gasteiger partial charge in [-0.2, -0.15) is 0 Å². The minimum Gasteiger partial charge on any atom is -0.497 e. The molecular weight excluding hydrogens is 410 g/mol. The Bertz CT molecular complexity index is 1060. The van der Waals surface area contributed by atoms with Crippen LogP contribution < -0.4 is 4.74 Å². The number of carbonyl (C=O) groups is 2. The number of para-hydroxylation sites is 1. The number of nitrogens with one attached hydrogen (secondary N) is 1. The summed E-state index contributed by atoms with van der Waals surface area (Å²) in [6.45, 7) is 4.24. The number of rotatable bonds is 6. The minimum atomic E-state index is -0.179. The normalized spacial score (nSPS) is 15.2. The number of fused-ring (bicyclic) bond motifs is 1. The van der Waals surface area contributed by atoms with Gasteiger partial charge in [0, 0.05) is 48.2 Å². The van der Waals surface area contributed by atoms with Gasteiger partial charge in [0.05, 0.1) is 18.8 Å². The third-order valence-corrected chi connectivity index (χ3v) is 6.78. The standard InChI is InChI=1S/C24H27N3O3S/c1-17(31-20-9-7-19(30-2)8-10-20)24(29)27-13-11-26(12-14-27)23(28)15-18-16-25-22-6-4-3-5-21(18)22/h3-10,16-17,25H,11-15H2,1-2H3. The first-order chi connectivity index (χ1) is 15.0. The molecule has 1 N–H and O–H groups in total. The first-order valence-electron chi connectivity index (χ1n) is 10.5. The summed E-state index contributed by atoms with van der Waals surface area (Å²) in [7, 11) is 1.64. The quantitative estimate of drug-likeness (QED) is 0.599. The molecule has 2 heterocycles. The Morgan fingerprint density at radius 3 is 2.42 bits per heavy atom. The van der Waals surface area contributed by atoms with Crippen LogP contribution in [0.2, 0.25) is 0 Å². The van der Waals surface area contributed by atoms with Crippen LogP contribution in [0.5, 0.6) is 5.75 Å². The number of ether oxygens (including phenoxy) is 1. The minimum absolute atomic E-state index is 0.109. The summed E-state index contributed by atoms with van der Waals surface area (Å²) >= 11 is 1.54. The van der Waals surface area contributed by atoms with Crippen LogP contribution >= 0.6 is 11.8 Å². The number of aromatic amines is 1. The molecule has 1 aliphatic heterocycles. The van der Waals surface area contributed by atoms with Gasteiger partial charge < -0.3 is 19.5 Å². The van der Waals surface area contributed by atoms with E-state index in [1.165, 1.54) is 0 Å². The van der Waals surface area contributed by atoms with E-state index in [4.69, 9.17) is 4.74 Å². The summed E-state index contributed by atoms with van der Waals surface area (Å²) < 4.78 is 5.18. The topological polar surface area (TPSA) is 65.6 Å². The van der Waals surface area contributed by atoms with Gasteiger partial charge in [-0.3, -0.25) is 9.59 Å². The van der Waals surface area contributed by atoms with Crippen molar-refractivity contribution in [1.29, 1.82) is 0 Å². The van der Waals surface area contributed by atoms with Crippen molar-refractivity contribution >= 4 is 34.5 Å². The van der Waals surface area contributed by atoms with Gasteiger partial charge in [-0.15, -0.1) is 11.8 Å². The highest BCUT2D eigenvalue weighted by atomic mass is 32.2. The first kappa shape index (κ1) is 21.3. The maximum absolute atomic E-state index is 12.9. The molecule has 0 aliphatic carbocycles. The van der Waals surface area contributed by atoms with Crippen LogP contribution in [0.15, 0.2) is 59.6 Å². The van der Waals surface area contributed by atoms with Crippen LogP contribution in [0, 0.1) is 0 Å². The van der Waals surface area contributed by atoms with Crippen LogP contribution in [-0.2, 0) is 16.0 Å². The average molecular weight is 438 g/mol. The van der Waals surface area contributed by atoms with Gasteiger partial charge in [0.25, 0.3) is 0 Å². The molecule has 1 atom stereocenters. The molecule has 162 valence electrons. The Morgan fingerprint density at radius 2 is 1.71 bits per heavy atom. The number of methoxy groups -OCH3 is 1. The first-order valence-corrected chi connectivity index (χ1v) is 11.4. The molecule has 31 heavy (non-hydrogen) atoms. The molecule has 6 nitrogen and oxygen atoms in total. The highest BCUT2D eigenvalue weighted by Gasteiger charge is 2.27. The molecule has 2 aromatic carbocycles. The van der Waals surface area contributed by atoms with Gasteiger partial charge >= 0.3 is 0 Å². The second-order valence-corrected chi connectivity index (χ2v) is 9.09. The zero-order chi connectivity index (χ0) is 21.8. The summed E-state index contributed by atoms with van der Waals surface area (Å²) in [6.07, 6.45) is 2.29. The van der Waals surface area contributed by atoms with E-state index < -0.39 is 0 Å². The van der Waals surface area contributed by atoms with Gasteiger partial charge in [0.15, 0.2) is 0 Å². The lowest BCUT2D eigenvalue weighted by atomic mass is 10.1. The van der Waals surface area contributed by atoms with Crippen LogP contribution in [-0.4, -0.2) is 65.1 Å². The van der Waals surface area contributed by atoms with Crippen LogP contribution in [0.1, 0.15) is 12.5 Å². The highest BCUT2D eigenvalue weighted by Crippen LogP contribution is 2.27. The molecule has 0 saturated carbocycles. The zero-order valence-corrected chi connectivity index (χ0v) is 18.7. The van der Waals surface area contributed by atoms with Gasteiger partial charge in [-0.1, -0.05) is 18.2 Å². The van der Waals surface area contributed by atoms with Crippen molar-refractivity contribution in [3.05, 3.63) is 60.3 Å². The van der Waals surface area contributed by atoms with E-state index in [2.05, 4.69) is 4.98 Å². The van der Waals surface area contributed by atoms with Crippen molar-refractivity contribution in [3.63, 3.8) is 0 Å². The summed E-state index contributed by atoms with van der Waals surface area (Å²) in [5.41, 5.74) is 2.06. The molecule has 4 rings (SSSR count). The largest absolute Gasteiger partial charge is 0.497 e. The van der Waals surface area contributed by atoms with Crippen LogP contribution in [0.25, 0.3) is 10.9 Å². The van der Waals surface area contributed by atoms with Gasteiger partial charge in [0.2, 0.25) is 11.8 Å². The van der Waals surface area contributed by atoms with Gasteiger partial charge in [-0.25, -0.2) is 0 Å². The Kier molecular flexibility index (Phi) is 6.51. The van der Waals surface area contributed by atoms with E-state index in [-0.39, 0.29) is 17.1 Å². The fraction of sp³-hybridized carbons (Fsp3) is 0.333. The maximum Gasteiger partial charge on any atom is 0.235 e. The summed E-state index contributed by atoms with van der Waals surface area (Å²) in [4.78, 5) is 33.7. The second-order valence-electron chi connectivity index (χ2n) is 7.68. The smallest absolute Gasteiger partial charge is 0.235 e. The molecule has 1 saturated heterocycles. The zero-order valence-electron chi connectivity index (χ0n) is 17.8. The van der Waals surface area contributed by atoms with E-state index in [1.807, 2.05) is 71.5 Å². The van der Waals surface area contributed by atoms with Crippen molar-refractivity contribution in [1.82, 2.24) is 14.8 Å². The number of aromatic nitrogens is 1. The monoisotopic (exact) mass is 437 g/mol. The molecule has 0 bridgehead atoms. The molecule has 1 unspecified atom stereocenters. The van der Waals surface area contributed by atoms with Crippen LogP contribution in [0.3, 0.4) is 0 Å². The molecule has 2 amide bonds. The number of amides is 2. The van der Waals surface area contributed by atoms with E-state index in [1.54, 1.807) is 18.9 Å². The van der Waals surface area contributed by atoms with E-state index in [9.17, 15) is 9.59 Å². The molecule has 3 aromatic rings. The number of benzene rings is 2. The number of hydrogen-bond acceptors (Lipinski definition) is 4. The predicted octanol–water partition coefficient (Wildman–Crippen LogP) is 3.57. The number of nitrogens with zero attached hydrogens (tertiary/aromatic N) is 2. The Morgan fingerprint density at radius 1 is 1.03 bits per heavy atom. The van der Waals surface area contributed by atoms with E-state index in [0.717, 1.165) is 27.1 Å². The van der Waals surface area contributed by atoms with Crippen LogP contribution in [0.4, 0.5) is 0 Å². The number of H-pyrrole nitrogens is 1. The lowest BCUT2D eigenvalue weighted by Crippen LogP contribution is -2.52. The van der Waals surface area contributed by atoms with Gasteiger partial charge in [0.1, 0.15) is 5.75 Å². The molecule has 1 aliphatic rings. The number of thioether (sulfide) groups is 1. The van der Waals surface area contributed by atoms with E-state index in [0.29, 0.717) is 32.6 Å². The molecule has 0 radical (unpaired) electrons. The predicted molar refractivity (Wildman–Crippen MR) is 123 cm³/mol. The molecule has 0 spiro atoms. The lowest BCUT2D eigenvalue weighted by molar-refractivity contribution is -0.138. The molecule has 1 aromatic heterocycles. The SMILES string of the molecule is COc1ccc(SC(C)C(=O)N2CCN(C(=O)Cc3c[nH]c4ccccc34)CC2)cc1. The molecule has 7 heteroatoms. The number of carbonyl (C=O) groups excluding carboxylic acids is 2. The van der Waals surface area contributed by atoms with Crippen molar-refractivity contribution in [2.45, 2.75) is 23.5 Å². The Labute approximate surface area is 186 Å². The number of piperazine rings is 1. The third kappa shape index (κ3) is 4.88. The Hall–Kier alpha value is -2.93.